The van der Waals surface area contributed by atoms with Crippen LogP contribution in [-0.4, -0.2) is 23.9 Å². The minimum atomic E-state index is -1.60. The van der Waals surface area contributed by atoms with Crippen molar-refractivity contribution >= 4 is 17.7 Å². The van der Waals surface area contributed by atoms with Crippen LogP contribution in [-0.2, 0) is 46.1 Å². The molecule has 0 saturated carbocycles. The van der Waals surface area contributed by atoms with Gasteiger partial charge in [-0.15, -0.1) is 0 Å². The van der Waals surface area contributed by atoms with Gasteiger partial charge in [-0.3, -0.25) is 0 Å². The maximum atomic E-state index is 12.2. The summed E-state index contributed by atoms with van der Waals surface area (Å²) in [5.41, 5.74) is 6.91. The Labute approximate surface area is 254 Å². The number of hydrogen-bond acceptors (Lipinski definition) is 4. The molecule has 3 atom stereocenters. The number of benzene rings is 4. The summed E-state index contributed by atoms with van der Waals surface area (Å²) >= 11 is 6.76. The topological polar surface area (TPSA) is 47.9 Å². The number of aliphatic hydroxyl groups is 1. The Bertz CT molecular complexity index is 1440. The Hall–Kier alpha value is -3.25. The van der Waals surface area contributed by atoms with E-state index < -0.39 is 5.79 Å². The van der Waals surface area contributed by atoms with Crippen molar-refractivity contribution in [3.05, 3.63) is 148 Å². The van der Waals surface area contributed by atoms with E-state index in [1.807, 2.05) is 72.8 Å². The molecule has 0 aliphatic carbocycles. The Morgan fingerprint density at radius 2 is 1.55 bits per heavy atom. The van der Waals surface area contributed by atoms with Gasteiger partial charge in [0.05, 0.1) is 32.0 Å². The summed E-state index contributed by atoms with van der Waals surface area (Å²) in [5.74, 6) is -1.60. The molecule has 218 valence electrons. The maximum absolute atomic E-state index is 12.2. The van der Waals surface area contributed by atoms with Crippen LogP contribution in [0.3, 0.4) is 0 Å². The molecule has 1 aliphatic rings. The second-order valence-electron chi connectivity index (χ2n) is 11.0. The molecule has 0 spiro atoms. The van der Waals surface area contributed by atoms with Crippen molar-refractivity contribution in [1.29, 1.82) is 0 Å². The van der Waals surface area contributed by atoms with Crippen LogP contribution >= 0.6 is 11.6 Å². The van der Waals surface area contributed by atoms with Crippen LogP contribution in [0.5, 0.6) is 0 Å². The van der Waals surface area contributed by atoms with E-state index in [0.29, 0.717) is 43.2 Å². The van der Waals surface area contributed by atoms with Crippen molar-refractivity contribution in [2.45, 2.75) is 63.8 Å². The van der Waals surface area contributed by atoms with E-state index in [4.69, 9.17) is 25.8 Å². The Morgan fingerprint density at radius 3 is 2.19 bits per heavy atom. The van der Waals surface area contributed by atoms with Gasteiger partial charge in [0, 0.05) is 23.4 Å². The first-order chi connectivity index (χ1) is 20.5. The van der Waals surface area contributed by atoms with Gasteiger partial charge < -0.3 is 19.3 Å². The highest BCUT2D eigenvalue weighted by atomic mass is 35.5. The van der Waals surface area contributed by atoms with Crippen molar-refractivity contribution in [1.82, 2.24) is 0 Å². The molecule has 42 heavy (non-hydrogen) atoms. The van der Waals surface area contributed by atoms with Crippen molar-refractivity contribution in [3.8, 4) is 0 Å². The lowest BCUT2D eigenvalue weighted by Gasteiger charge is -2.42. The van der Waals surface area contributed by atoms with Crippen LogP contribution in [0.1, 0.15) is 58.7 Å². The van der Waals surface area contributed by atoms with Gasteiger partial charge in [0.1, 0.15) is 0 Å². The second-order valence-corrected chi connectivity index (χ2v) is 11.4. The van der Waals surface area contributed by atoms with E-state index in [0.717, 1.165) is 34.2 Å². The molecule has 1 aliphatic heterocycles. The SMILES string of the molecule is C=Cc1cc(Cl)c(Cc2ccc(CC)cc2)cc1C1(O)CC(OCc2ccccc2)CC(COCc2ccccc2)O1. The standard InChI is InChI=1S/C37H39ClO4/c1-3-27-15-17-28(18-16-27)19-32-20-35(31(4-2)21-36(32)38)37(39)23-33(41-25-30-13-9-6-10-14-30)22-34(42-37)26-40-24-29-11-7-5-8-12-29/h4-18,20-21,33-34,39H,2-3,19,22-26H2,1H3. The molecular formula is C37H39ClO4. The van der Waals surface area contributed by atoms with E-state index in [1.54, 1.807) is 6.08 Å². The lowest BCUT2D eigenvalue weighted by atomic mass is 9.87. The number of ether oxygens (including phenoxy) is 3. The lowest BCUT2D eigenvalue weighted by molar-refractivity contribution is -0.293. The van der Waals surface area contributed by atoms with Crippen LogP contribution < -0.4 is 0 Å². The highest BCUT2D eigenvalue weighted by Crippen LogP contribution is 2.41. The van der Waals surface area contributed by atoms with Gasteiger partial charge in [0.15, 0.2) is 5.79 Å². The Kier molecular flexibility index (Phi) is 10.3. The average molecular weight is 583 g/mol. The summed E-state index contributed by atoms with van der Waals surface area (Å²) in [7, 11) is 0. The van der Waals surface area contributed by atoms with Gasteiger partial charge in [-0.1, -0.05) is 116 Å². The van der Waals surface area contributed by atoms with Gasteiger partial charge >= 0.3 is 0 Å². The minimum absolute atomic E-state index is 0.243. The summed E-state index contributed by atoms with van der Waals surface area (Å²) in [6, 6.07) is 32.5. The van der Waals surface area contributed by atoms with Gasteiger partial charge in [-0.05, 0) is 58.4 Å². The molecule has 4 aromatic carbocycles. The molecule has 1 fully saturated rings. The van der Waals surface area contributed by atoms with Gasteiger partial charge in [0.25, 0.3) is 0 Å². The fourth-order valence-electron chi connectivity index (χ4n) is 5.52. The molecule has 5 heteroatoms. The number of rotatable bonds is 12. The summed E-state index contributed by atoms with van der Waals surface area (Å²) in [4.78, 5) is 0. The molecule has 1 heterocycles. The molecule has 0 aromatic heterocycles. The highest BCUT2D eigenvalue weighted by molar-refractivity contribution is 6.31. The van der Waals surface area contributed by atoms with Crippen LogP contribution in [0.25, 0.3) is 6.08 Å². The van der Waals surface area contributed by atoms with Crippen LogP contribution in [0, 0.1) is 0 Å². The molecule has 4 nitrogen and oxygen atoms in total. The third-order valence-electron chi connectivity index (χ3n) is 7.82. The molecule has 3 unspecified atom stereocenters. The van der Waals surface area contributed by atoms with Gasteiger partial charge in [-0.25, -0.2) is 0 Å². The first-order valence-electron chi connectivity index (χ1n) is 14.7. The summed E-state index contributed by atoms with van der Waals surface area (Å²) in [6.07, 6.45) is 3.63. The fourth-order valence-corrected chi connectivity index (χ4v) is 5.76. The smallest absolute Gasteiger partial charge is 0.195 e. The first kappa shape index (κ1) is 30.2. The average Bonchev–Trinajstić information content (AvgIpc) is 3.02. The maximum Gasteiger partial charge on any atom is 0.195 e. The predicted molar refractivity (Wildman–Crippen MR) is 169 cm³/mol. The normalized spacial score (nSPS) is 20.4. The molecule has 1 N–H and O–H groups in total. The zero-order chi connectivity index (χ0) is 29.4. The Morgan fingerprint density at radius 1 is 0.905 bits per heavy atom. The molecule has 4 aromatic rings. The number of halogens is 1. The second kappa shape index (κ2) is 14.3. The zero-order valence-corrected chi connectivity index (χ0v) is 24.9. The van der Waals surface area contributed by atoms with Gasteiger partial charge in [-0.2, -0.15) is 0 Å². The monoisotopic (exact) mass is 582 g/mol. The molecular weight excluding hydrogens is 544 g/mol. The third-order valence-corrected chi connectivity index (χ3v) is 8.17. The molecule has 5 rings (SSSR count). The first-order valence-corrected chi connectivity index (χ1v) is 15.0. The fraction of sp³-hybridized carbons (Fsp3) is 0.297. The van der Waals surface area contributed by atoms with Crippen LogP contribution in [0.15, 0.2) is 104 Å². The van der Waals surface area contributed by atoms with E-state index in [9.17, 15) is 5.11 Å². The quantitative estimate of drug-likeness (QED) is 0.183. The van der Waals surface area contributed by atoms with Crippen LogP contribution in [0.4, 0.5) is 0 Å². The molecule has 0 radical (unpaired) electrons. The Balaban J connectivity index is 1.40. The third kappa shape index (κ3) is 7.77. The molecule has 0 amide bonds. The number of hydrogen-bond donors (Lipinski definition) is 1. The molecule has 1 saturated heterocycles. The summed E-state index contributed by atoms with van der Waals surface area (Å²) in [5, 5.41) is 12.8. The molecule has 0 bridgehead atoms. The van der Waals surface area contributed by atoms with Crippen LogP contribution in [0.2, 0.25) is 5.02 Å². The van der Waals surface area contributed by atoms with E-state index in [-0.39, 0.29) is 18.6 Å². The van der Waals surface area contributed by atoms with Crippen molar-refractivity contribution < 1.29 is 19.3 Å². The van der Waals surface area contributed by atoms with Gasteiger partial charge in [0.2, 0.25) is 0 Å². The minimum Gasteiger partial charge on any atom is -0.374 e. The summed E-state index contributed by atoms with van der Waals surface area (Å²) < 4.78 is 18.9. The van der Waals surface area contributed by atoms with Crippen molar-refractivity contribution in [2.75, 3.05) is 6.61 Å². The van der Waals surface area contributed by atoms with E-state index in [2.05, 4.69) is 37.8 Å². The summed E-state index contributed by atoms with van der Waals surface area (Å²) in [6.45, 7) is 7.40. The largest absolute Gasteiger partial charge is 0.374 e. The zero-order valence-electron chi connectivity index (χ0n) is 24.2. The van der Waals surface area contributed by atoms with E-state index in [1.165, 1.54) is 5.56 Å². The highest BCUT2D eigenvalue weighted by Gasteiger charge is 2.43. The number of aryl methyl sites for hydroxylation is 1. The predicted octanol–water partition coefficient (Wildman–Crippen LogP) is 8.26. The van der Waals surface area contributed by atoms with Crippen molar-refractivity contribution in [2.24, 2.45) is 0 Å². The lowest BCUT2D eigenvalue weighted by Crippen LogP contribution is -2.46. The van der Waals surface area contributed by atoms with Crippen molar-refractivity contribution in [3.63, 3.8) is 0 Å². The van der Waals surface area contributed by atoms with E-state index >= 15 is 0 Å².